The number of rotatable bonds is 6. The van der Waals surface area contributed by atoms with Crippen LogP contribution in [0.25, 0.3) is 16.9 Å². The first-order chi connectivity index (χ1) is 11.7. The molecular formula is C17H16FN5O. The highest BCUT2D eigenvalue weighted by atomic mass is 19.1. The van der Waals surface area contributed by atoms with E-state index in [0.29, 0.717) is 28.4 Å². The van der Waals surface area contributed by atoms with E-state index in [9.17, 15) is 4.39 Å². The van der Waals surface area contributed by atoms with Gasteiger partial charge >= 0.3 is 0 Å². The highest BCUT2D eigenvalue weighted by Gasteiger charge is 2.16. The standard InChI is InChI=1S/C17H16FN5O/c1-19-11-4-5-23-9-15(22-16(23)6-11)17-13(20-2)7-12(24-10-18)8-14(17)21-3/h4-9,19H,2-3,10H2,1H3. The molecule has 0 aliphatic rings. The molecule has 1 aromatic carbocycles. The van der Waals surface area contributed by atoms with Gasteiger partial charge in [-0.2, -0.15) is 0 Å². The van der Waals surface area contributed by atoms with E-state index in [0.717, 1.165) is 11.3 Å². The molecule has 2 aromatic heterocycles. The van der Waals surface area contributed by atoms with Crippen LogP contribution in [0.1, 0.15) is 0 Å². The van der Waals surface area contributed by atoms with Crippen LogP contribution in [0, 0.1) is 0 Å². The minimum absolute atomic E-state index is 0.312. The molecule has 6 nitrogen and oxygen atoms in total. The van der Waals surface area contributed by atoms with E-state index >= 15 is 0 Å². The van der Waals surface area contributed by atoms with E-state index in [2.05, 4.69) is 33.7 Å². The zero-order chi connectivity index (χ0) is 17.1. The molecule has 0 saturated carbocycles. The molecule has 24 heavy (non-hydrogen) atoms. The van der Waals surface area contributed by atoms with E-state index in [1.54, 1.807) is 12.1 Å². The van der Waals surface area contributed by atoms with Crippen molar-refractivity contribution in [3.05, 3.63) is 36.7 Å². The van der Waals surface area contributed by atoms with Gasteiger partial charge in [-0.15, -0.1) is 0 Å². The number of halogens is 1. The van der Waals surface area contributed by atoms with Crippen LogP contribution in [0.4, 0.5) is 21.5 Å². The zero-order valence-electron chi connectivity index (χ0n) is 13.2. The lowest BCUT2D eigenvalue weighted by molar-refractivity contribution is 0.192. The van der Waals surface area contributed by atoms with Gasteiger partial charge in [0.2, 0.25) is 6.86 Å². The fourth-order valence-electron chi connectivity index (χ4n) is 2.50. The summed E-state index contributed by atoms with van der Waals surface area (Å²) in [5.41, 5.74) is 4.06. The van der Waals surface area contributed by atoms with Crippen molar-refractivity contribution in [3.63, 3.8) is 0 Å². The lowest BCUT2D eigenvalue weighted by Gasteiger charge is -2.09. The minimum atomic E-state index is -0.937. The van der Waals surface area contributed by atoms with Crippen molar-refractivity contribution in [2.24, 2.45) is 9.98 Å². The van der Waals surface area contributed by atoms with Crippen LogP contribution in [-0.4, -0.2) is 36.7 Å². The number of alkyl halides is 1. The number of fused-ring (bicyclic) bond motifs is 1. The van der Waals surface area contributed by atoms with Crippen molar-refractivity contribution in [1.82, 2.24) is 9.38 Å². The SMILES string of the molecule is C=Nc1cc(OCF)cc(N=C)c1-c1cn2ccc(NC)cc2n1. The second-order valence-corrected chi connectivity index (χ2v) is 4.96. The average molecular weight is 325 g/mol. The molecule has 7 heteroatoms. The Morgan fingerprint density at radius 2 is 1.96 bits per heavy atom. The first kappa shape index (κ1) is 15.7. The van der Waals surface area contributed by atoms with Crippen molar-refractivity contribution in [2.75, 3.05) is 19.2 Å². The molecule has 0 bridgehead atoms. The number of pyridine rings is 1. The third kappa shape index (κ3) is 2.71. The Bertz CT molecular complexity index is 889. The van der Waals surface area contributed by atoms with Crippen LogP contribution < -0.4 is 10.1 Å². The summed E-state index contributed by atoms with van der Waals surface area (Å²) in [5, 5.41) is 3.07. The minimum Gasteiger partial charge on any atom is -0.463 e. The number of nitrogens with zero attached hydrogens (tertiary/aromatic N) is 4. The smallest absolute Gasteiger partial charge is 0.228 e. The van der Waals surface area contributed by atoms with Crippen LogP contribution in [0.15, 0.2) is 46.6 Å². The highest BCUT2D eigenvalue weighted by Crippen LogP contribution is 2.41. The first-order valence-electron chi connectivity index (χ1n) is 7.17. The van der Waals surface area contributed by atoms with Crippen LogP contribution in [-0.2, 0) is 0 Å². The van der Waals surface area contributed by atoms with Gasteiger partial charge in [-0.25, -0.2) is 9.37 Å². The lowest BCUT2D eigenvalue weighted by Crippen LogP contribution is -1.91. The zero-order valence-corrected chi connectivity index (χ0v) is 13.2. The molecule has 0 spiro atoms. The van der Waals surface area contributed by atoms with Gasteiger partial charge < -0.3 is 14.5 Å². The Morgan fingerprint density at radius 1 is 1.25 bits per heavy atom. The molecule has 0 aliphatic heterocycles. The van der Waals surface area contributed by atoms with Gasteiger partial charge in [0.05, 0.1) is 22.6 Å². The van der Waals surface area contributed by atoms with E-state index in [-0.39, 0.29) is 0 Å². The summed E-state index contributed by atoms with van der Waals surface area (Å²) in [6, 6.07) is 7.06. The van der Waals surface area contributed by atoms with Crippen LogP contribution in [0.2, 0.25) is 0 Å². The summed E-state index contributed by atoms with van der Waals surface area (Å²) >= 11 is 0. The van der Waals surface area contributed by atoms with E-state index in [4.69, 9.17) is 4.74 Å². The van der Waals surface area contributed by atoms with Crippen LogP contribution in [0.3, 0.4) is 0 Å². The number of anilines is 1. The van der Waals surface area contributed by atoms with Gasteiger partial charge in [0.25, 0.3) is 0 Å². The molecule has 0 radical (unpaired) electrons. The molecule has 122 valence electrons. The number of hydrogen-bond donors (Lipinski definition) is 1. The van der Waals surface area contributed by atoms with Crippen molar-refractivity contribution >= 4 is 36.1 Å². The molecule has 0 atom stereocenters. The topological polar surface area (TPSA) is 63.3 Å². The summed E-state index contributed by atoms with van der Waals surface area (Å²) in [7, 11) is 1.85. The van der Waals surface area contributed by atoms with Gasteiger partial charge in [-0.1, -0.05) is 0 Å². The molecule has 0 fully saturated rings. The quantitative estimate of drug-likeness (QED) is 0.696. The molecule has 1 N–H and O–H groups in total. The number of aliphatic imine (C=N–C) groups is 2. The Hall–Kier alpha value is -3.22. The third-order valence-corrected chi connectivity index (χ3v) is 3.64. The van der Waals surface area contributed by atoms with Gasteiger partial charge in [-0.3, -0.25) is 9.98 Å². The Morgan fingerprint density at radius 3 is 2.54 bits per heavy atom. The number of imidazole rings is 1. The number of ether oxygens (including phenoxy) is 1. The maximum atomic E-state index is 12.4. The van der Waals surface area contributed by atoms with Crippen LogP contribution >= 0.6 is 0 Å². The third-order valence-electron chi connectivity index (χ3n) is 3.64. The molecule has 3 rings (SSSR count). The van der Waals surface area contributed by atoms with Gasteiger partial charge in [0.15, 0.2) is 0 Å². The van der Waals surface area contributed by atoms with E-state index in [1.165, 1.54) is 0 Å². The summed E-state index contributed by atoms with van der Waals surface area (Å²) in [6.07, 6.45) is 3.77. The Labute approximate surface area is 138 Å². The molecule has 0 unspecified atom stereocenters. The normalized spacial score (nSPS) is 10.6. The maximum absolute atomic E-state index is 12.4. The van der Waals surface area contributed by atoms with Gasteiger partial charge in [0, 0.05) is 43.3 Å². The summed E-state index contributed by atoms with van der Waals surface area (Å²) in [6.45, 7) is 6.20. The number of hydrogen-bond acceptors (Lipinski definition) is 5. The average Bonchev–Trinajstić information content (AvgIpc) is 3.03. The van der Waals surface area contributed by atoms with Crippen molar-refractivity contribution < 1.29 is 9.13 Å². The highest BCUT2D eigenvalue weighted by molar-refractivity contribution is 5.87. The molecule has 0 aliphatic carbocycles. The summed E-state index contributed by atoms with van der Waals surface area (Å²) in [4.78, 5) is 12.6. The predicted molar refractivity (Wildman–Crippen MR) is 95.2 cm³/mol. The van der Waals surface area contributed by atoms with Gasteiger partial charge in [-0.05, 0) is 19.5 Å². The fourth-order valence-corrected chi connectivity index (χ4v) is 2.50. The lowest BCUT2D eigenvalue weighted by atomic mass is 10.1. The predicted octanol–water partition coefficient (Wildman–Crippen LogP) is 4.01. The van der Waals surface area contributed by atoms with Crippen molar-refractivity contribution in [2.45, 2.75) is 0 Å². The summed E-state index contributed by atoms with van der Waals surface area (Å²) < 4.78 is 19.2. The molecule has 3 aromatic rings. The van der Waals surface area contributed by atoms with Crippen molar-refractivity contribution in [1.29, 1.82) is 0 Å². The number of aromatic nitrogens is 2. The summed E-state index contributed by atoms with van der Waals surface area (Å²) in [5.74, 6) is 0.312. The molecule has 0 amide bonds. The van der Waals surface area contributed by atoms with Crippen molar-refractivity contribution in [3.8, 4) is 17.0 Å². The van der Waals surface area contributed by atoms with Gasteiger partial charge in [0.1, 0.15) is 11.4 Å². The monoisotopic (exact) mass is 325 g/mol. The number of nitrogens with one attached hydrogen (secondary N) is 1. The number of benzene rings is 1. The second-order valence-electron chi connectivity index (χ2n) is 4.96. The molecule has 2 heterocycles. The van der Waals surface area contributed by atoms with E-state index in [1.807, 2.05) is 36.0 Å². The van der Waals surface area contributed by atoms with E-state index < -0.39 is 6.86 Å². The molecular weight excluding hydrogens is 309 g/mol. The molecule has 0 saturated heterocycles. The first-order valence-corrected chi connectivity index (χ1v) is 7.17. The maximum Gasteiger partial charge on any atom is 0.228 e. The Balaban J connectivity index is 2.20. The Kier molecular flexibility index (Phi) is 4.24. The van der Waals surface area contributed by atoms with Crippen LogP contribution in [0.5, 0.6) is 5.75 Å². The second kappa shape index (κ2) is 6.49. The largest absolute Gasteiger partial charge is 0.463 e. The fraction of sp³-hybridized carbons (Fsp3) is 0.118.